The topological polar surface area (TPSA) is 29.5 Å². The molecule has 0 aromatic rings. The number of carbonyl (C=O) groups is 1. The summed E-state index contributed by atoms with van der Waals surface area (Å²) in [7, 11) is 3.96. The smallest absolute Gasteiger partial charge is 0.307 e. The molecule has 2 rings (SSSR count). The number of fused-ring (bicyclic) bond motifs is 2. The lowest BCUT2D eigenvalue weighted by Crippen LogP contribution is -2.38. The quantitative estimate of drug-likeness (QED) is 0.721. The Labute approximate surface area is 111 Å². The molecule has 2 aliphatic rings. The van der Waals surface area contributed by atoms with Crippen molar-refractivity contribution in [3.05, 3.63) is 0 Å². The highest BCUT2D eigenvalue weighted by Crippen LogP contribution is 2.66. The van der Waals surface area contributed by atoms with Crippen LogP contribution in [0.2, 0.25) is 0 Å². The van der Waals surface area contributed by atoms with Gasteiger partial charge < -0.3 is 9.64 Å². The van der Waals surface area contributed by atoms with Gasteiger partial charge in [0, 0.05) is 12.0 Å². The lowest BCUT2D eigenvalue weighted by molar-refractivity contribution is -0.157. The van der Waals surface area contributed by atoms with Gasteiger partial charge in [-0.15, -0.1) is 0 Å². The molecule has 0 spiro atoms. The van der Waals surface area contributed by atoms with Crippen LogP contribution in [0.3, 0.4) is 0 Å². The molecule has 0 saturated heterocycles. The lowest BCUT2D eigenvalue weighted by Gasteiger charge is -2.38. The molecule has 2 fully saturated rings. The van der Waals surface area contributed by atoms with Gasteiger partial charge in [0.25, 0.3) is 0 Å². The third-order valence-corrected chi connectivity index (χ3v) is 5.75. The molecular weight excluding hydrogens is 226 g/mol. The summed E-state index contributed by atoms with van der Waals surface area (Å²) in [4.78, 5) is 13.9. The minimum Gasteiger partial charge on any atom is -0.462 e. The van der Waals surface area contributed by atoms with Crippen molar-refractivity contribution in [1.29, 1.82) is 0 Å². The maximum atomic E-state index is 11.9. The van der Waals surface area contributed by atoms with Crippen LogP contribution in [0.15, 0.2) is 0 Å². The highest BCUT2D eigenvalue weighted by atomic mass is 16.5. The average Bonchev–Trinajstić information content (AvgIpc) is 2.59. The van der Waals surface area contributed by atoms with Crippen molar-refractivity contribution < 1.29 is 9.53 Å². The summed E-state index contributed by atoms with van der Waals surface area (Å²) in [5.41, 5.74) is 0.505. The second-order valence-corrected chi connectivity index (χ2v) is 7.14. The Morgan fingerprint density at radius 1 is 1.33 bits per heavy atom. The van der Waals surface area contributed by atoms with E-state index < -0.39 is 0 Å². The van der Waals surface area contributed by atoms with Gasteiger partial charge in [0.2, 0.25) is 0 Å². The predicted molar refractivity (Wildman–Crippen MR) is 72.3 cm³/mol. The fourth-order valence-corrected chi connectivity index (χ4v) is 3.84. The van der Waals surface area contributed by atoms with E-state index in [1.807, 2.05) is 19.0 Å². The second-order valence-electron chi connectivity index (χ2n) is 7.14. The molecule has 0 radical (unpaired) electrons. The zero-order chi connectivity index (χ0) is 13.6. The number of carbonyl (C=O) groups excluding carboxylic acids is 1. The first kappa shape index (κ1) is 13.9. The lowest BCUT2D eigenvalue weighted by atomic mass is 9.70. The van der Waals surface area contributed by atoms with E-state index in [1.54, 1.807) is 0 Å². The summed E-state index contributed by atoms with van der Waals surface area (Å²) in [6, 6.07) is 0. The molecule has 3 nitrogen and oxygen atoms in total. The first-order valence-electron chi connectivity index (χ1n) is 7.11. The molecule has 104 valence electrons. The Morgan fingerprint density at radius 3 is 2.44 bits per heavy atom. The largest absolute Gasteiger partial charge is 0.462 e. The molecule has 0 aromatic carbocycles. The van der Waals surface area contributed by atoms with Gasteiger partial charge in [-0.3, -0.25) is 4.79 Å². The van der Waals surface area contributed by atoms with Gasteiger partial charge in [0.1, 0.15) is 6.10 Å². The summed E-state index contributed by atoms with van der Waals surface area (Å²) in [6.07, 6.45) is 4.22. The van der Waals surface area contributed by atoms with Gasteiger partial charge in [-0.05, 0) is 44.7 Å². The summed E-state index contributed by atoms with van der Waals surface area (Å²) in [6.45, 7) is 7.77. The molecule has 18 heavy (non-hydrogen) atoms. The third-order valence-electron chi connectivity index (χ3n) is 5.75. The van der Waals surface area contributed by atoms with E-state index in [4.69, 9.17) is 4.74 Å². The molecule has 3 atom stereocenters. The first-order valence-corrected chi connectivity index (χ1v) is 7.11. The molecule has 0 heterocycles. The van der Waals surface area contributed by atoms with E-state index >= 15 is 0 Å². The van der Waals surface area contributed by atoms with Crippen molar-refractivity contribution in [3.63, 3.8) is 0 Å². The van der Waals surface area contributed by atoms with E-state index in [0.717, 1.165) is 18.9 Å². The Hall–Kier alpha value is -0.570. The highest BCUT2D eigenvalue weighted by Gasteiger charge is 2.62. The number of esters is 1. The normalized spacial score (nSPS) is 37.2. The van der Waals surface area contributed by atoms with Crippen LogP contribution < -0.4 is 0 Å². The molecule has 3 unspecified atom stereocenters. The Morgan fingerprint density at radius 2 is 2.00 bits per heavy atom. The van der Waals surface area contributed by atoms with Crippen LogP contribution in [-0.4, -0.2) is 37.6 Å². The fourth-order valence-electron chi connectivity index (χ4n) is 3.84. The van der Waals surface area contributed by atoms with Gasteiger partial charge in [-0.1, -0.05) is 20.8 Å². The molecule has 0 amide bonds. The number of rotatable bonds is 4. The molecule has 2 bridgehead atoms. The summed E-state index contributed by atoms with van der Waals surface area (Å²) < 4.78 is 5.77. The van der Waals surface area contributed by atoms with Crippen LogP contribution in [0.25, 0.3) is 0 Å². The Balaban J connectivity index is 1.94. The zero-order valence-corrected chi connectivity index (χ0v) is 12.5. The number of ether oxygens (including phenoxy) is 1. The van der Waals surface area contributed by atoms with E-state index in [0.29, 0.717) is 11.8 Å². The molecule has 0 aliphatic heterocycles. The Kier molecular flexibility index (Phi) is 3.48. The molecule has 2 aliphatic carbocycles. The molecule has 3 heteroatoms. The van der Waals surface area contributed by atoms with Gasteiger partial charge >= 0.3 is 5.97 Å². The van der Waals surface area contributed by atoms with Gasteiger partial charge in [-0.25, -0.2) is 0 Å². The van der Waals surface area contributed by atoms with Crippen LogP contribution in [0.4, 0.5) is 0 Å². The summed E-state index contributed by atoms with van der Waals surface area (Å²) >= 11 is 0. The second kappa shape index (κ2) is 4.52. The van der Waals surface area contributed by atoms with Crippen molar-refractivity contribution in [2.75, 3.05) is 20.6 Å². The van der Waals surface area contributed by atoms with Crippen molar-refractivity contribution in [3.8, 4) is 0 Å². The van der Waals surface area contributed by atoms with Crippen molar-refractivity contribution >= 4 is 5.97 Å². The van der Waals surface area contributed by atoms with E-state index in [-0.39, 0.29) is 17.5 Å². The van der Waals surface area contributed by atoms with Crippen LogP contribution in [0.1, 0.15) is 46.5 Å². The van der Waals surface area contributed by atoms with E-state index in [9.17, 15) is 4.79 Å². The number of hydrogen-bond donors (Lipinski definition) is 0. The van der Waals surface area contributed by atoms with Gasteiger partial charge in [-0.2, -0.15) is 0 Å². The summed E-state index contributed by atoms with van der Waals surface area (Å²) in [5.74, 6) is 0.701. The van der Waals surface area contributed by atoms with E-state index in [1.165, 1.54) is 12.8 Å². The van der Waals surface area contributed by atoms with Crippen LogP contribution in [-0.2, 0) is 9.53 Å². The van der Waals surface area contributed by atoms with Gasteiger partial charge in [0.15, 0.2) is 0 Å². The van der Waals surface area contributed by atoms with Crippen LogP contribution >= 0.6 is 0 Å². The first-order chi connectivity index (χ1) is 8.27. The number of hydrogen-bond acceptors (Lipinski definition) is 3. The molecule has 0 N–H and O–H groups in total. The third kappa shape index (κ3) is 2.07. The maximum absolute atomic E-state index is 11.9. The highest BCUT2D eigenvalue weighted by molar-refractivity contribution is 5.70. The fraction of sp³-hybridized carbons (Fsp3) is 0.933. The van der Waals surface area contributed by atoms with Crippen LogP contribution in [0, 0.1) is 16.7 Å². The van der Waals surface area contributed by atoms with Gasteiger partial charge in [0.05, 0.1) is 6.42 Å². The standard InChI is InChI=1S/C15H27NO2/c1-14(2)11-6-8-15(14,3)12(10-11)18-13(17)7-9-16(4)5/h11-12H,6-10H2,1-5H3. The minimum atomic E-state index is -0.0294. The van der Waals surface area contributed by atoms with Crippen LogP contribution in [0.5, 0.6) is 0 Å². The van der Waals surface area contributed by atoms with Crippen molar-refractivity contribution in [2.45, 2.75) is 52.6 Å². The maximum Gasteiger partial charge on any atom is 0.307 e. The monoisotopic (exact) mass is 253 g/mol. The summed E-state index contributed by atoms with van der Waals surface area (Å²) in [5, 5.41) is 0. The Bertz CT molecular complexity index is 337. The van der Waals surface area contributed by atoms with Crippen molar-refractivity contribution in [2.24, 2.45) is 16.7 Å². The predicted octanol–water partition coefficient (Wildman–Crippen LogP) is 2.70. The number of nitrogens with zero attached hydrogens (tertiary/aromatic N) is 1. The minimum absolute atomic E-state index is 0.0294. The molecular formula is C15H27NO2. The zero-order valence-electron chi connectivity index (χ0n) is 12.5. The molecule has 0 aromatic heterocycles. The average molecular weight is 253 g/mol. The molecule has 2 saturated carbocycles. The van der Waals surface area contributed by atoms with Crippen molar-refractivity contribution in [1.82, 2.24) is 4.90 Å². The SMILES string of the molecule is CN(C)CCC(=O)OC1CC2CCC1(C)C2(C)C. The van der Waals surface area contributed by atoms with E-state index in [2.05, 4.69) is 20.8 Å².